The standard InChI is InChI=1S/C17H19Cl2N3O3/c18-12-5-6-13(14(19)9-12)15(10-22-8-7-21-11-22)25-17(24)4-2-1-3-16(20)23/h5-9,11,15H,1-4,10H2,(H2,20,23). The van der Waals surface area contributed by atoms with Crippen LogP contribution in [0.2, 0.25) is 10.0 Å². The maximum Gasteiger partial charge on any atom is 0.306 e. The van der Waals surface area contributed by atoms with Crippen LogP contribution in [0.15, 0.2) is 36.9 Å². The third-order valence-corrected chi connectivity index (χ3v) is 4.14. The molecule has 1 aromatic carbocycles. The van der Waals surface area contributed by atoms with Crippen LogP contribution in [0.5, 0.6) is 0 Å². The van der Waals surface area contributed by atoms with Crippen LogP contribution in [0, 0.1) is 0 Å². The molecule has 0 aliphatic carbocycles. The van der Waals surface area contributed by atoms with E-state index in [0.717, 1.165) is 0 Å². The monoisotopic (exact) mass is 383 g/mol. The summed E-state index contributed by atoms with van der Waals surface area (Å²) in [7, 11) is 0. The number of imidazole rings is 1. The molecule has 0 radical (unpaired) electrons. The van der Waals surface area contributed by atoms with Crippen LogP contribution in [0.1, 0.15) is 37.4 Å². The Hall–Kier alpha value is -2.05. The van der Waals surface area contributed by atoms with Crippen molar-refractivity contribution in [3.05, 3.63) is 52.5 Å². The number of esters is 1. The lowest BCUT2D eigenvalue weighted by atomic mass is 10.1. The van der Waals surface area contributed by atoms with Gasteiger partial charge in [-0.25, -0.2) is 4.98 Å². The number of carbonyl (C=O) groups excluding carboxylic acids is 2. The summed E-state index contributed by atoms with van der Waals surface area (Å²) >= 11 is 12.2. The molecule has 2 N–H and O–H groups in total. The zero-order valence-corrected chi connectivity index (χ0v) is 15.0. The van der Waals surface area contributed by atoms with Crippen molar-refractivity contribution in [3.63, 3.8) is 0 Å². The Morgan fingerprint density at radius 3 is 2.64 bits per heavy atom. The topological polar surface area (TPSA) is 87.2 Å². The van der Waals surface area contributed by atoms with Gasteiger partial charge in [-0.15, -0.1) is 0 Å². The average molecular weight is 384 g/mol. The Bertz CT molecular complexity index is 720. The molecule has 8 heteroatoms. The van der Waals surface area contributed by atoms with Gasteiger partial charge >= 0.3 is 5.97 Å². The zero-order valence-electron chi connectivity index (χ0n) is 13.5. The predicted molar refractivity (Wildman–Crippen MR) is 95.2 cm³/mol. The summed E-state index contributed by atoms with van der Waals surface area (Å²) in [6.07, 6.45) is 6.05. The van der Waals surface area contributed by atoms with Crippen LogP contribution < -0.4 is 5.73 Å². The van der Waals surface area contributed by atoms with Crippen LogP contribution in [-0.2, 0) is 20.9 Å². The summed E-state index contributed by atoms with van der Waals surface area (Å²) in [5.41, 5.74) is 5.75. The van der Waals surface area contributed by atoms with Crippen molar-refractivity contribution in [1.82, 2.24) is 9.55 Å². The maximum atomic E-state index is 12.1. The number of hydrogen-bond donors (Lipinski definition) is 1. The first-order valence-electron chi connectivity index (χ1n) is 7.84. The first-order chi connectivity index (χ1) is 12.0. The van der Waals surface area contributed by atoms with Crippen molar-refractivity contribution in [2.24, 2.45) is 5.73 Å². The van der Waals surface area contributed by atoms with Gasteiger partial charge in [0.15, 0.2) is 0 Å². The molecule has 0 saturated heterocycles. The molecule has 0 aliphatic rings. The second kappa shape index (κ2) is 9.44. The first kappa shape index (κ1) is 19.3. The summed E-state index contributed by atoms with van der Waals surface area (Å²) in [5.74, 6) is -0.736. The molecule has 1 unspecified atom stereocenters. The third-order valence-electron chi connectivity index (χ3n) is 3.57. The highest BCUT2D eigenvalue weighted by atomic mass is 35.5. The molecule has 0 spiro atoms. The van der Waals surface area contributed by atoms with Gasteiger partial charge in [0, 0.05) is 40.8 Å². The van der Waals surface area contributed by atoms with E-state index in [-0.39, 0.29) is 24.7 Å². The number of nitrogens with two attached hydrogens (primary N) is 1. The second-order valence-electron chi connectivity index (χ2n) is 5.58. The van der Waals surface area contributed by atoms with E-state index in [4.69, 9.17) is 33.7 Å². The summed E-state index contributed by atoms with van der Waals surface area (Å²) in [5, 5.41) is 0.937. The molecule has 2 aromatic rings. The Kier molecular flexibility index (Phi) is 7.28. The molecule has 0 bridgehead atoms. The summed E-state index contributed by atoms with van der Waals surface area (Å²) < 4.78 is 7.41. The lowest BCUT2D eigenvalue weighted by molar-refractivity contribution is -0.150. The number of hydrogen-bond acceptors (Lipinski definition) is 4. The van der Waals surface area contributed by atoms with Crippen LogP contribution in [-0.4, -0.2) is 21.4 Å². The van der Waals surface area contributed by atoms with Crippen molar-refractivity contribution in [1.29, 1.82) is 0 Å². The number of unbranched alkanes of at least 4 members (excludes halogenated alkanes) is 1. The summed E-state index contributed by atoms with van der Waals surface area (Å²) in [6, 6.07) is 5.05. The number of benzene rings is 1. The Labute approximate surface area is 155 Å². The van der Waals surface area contributed by atoms with Crippen molar-refractivity contribution in [2.45, 2.75) is 38.3 Å². The highest BCUT2D eigenvalue weighted by Gasteiger charge is 2.20. The van der Waals surface area contributed by atoms with Gasteiger partial charge < -0.3 is 15.0 Å². The molecule has 134 valence electrons. The fourth-order valence-electron chi connectivity index (χ4n) is 2.33. The smallest absolute Gasteiger partial charge is 0.306 e. The molecule has 1 atom stereocenters. The molecule has 0 saturated carbocycles. The number of rotatable bonds is 9. The van der Waals surface area contributed by atoms with E-state index in [2.05, 4.69) is 4.98 Å². The molecular weight excluding hydrogens is 365 g/mol. The van der Waals surface area contributed by atoms with Crippen LogP contribution in [0.25, 0.3) is 0 Å². The number of nitrogens with zero attached hydrogens (tertiary/aromatic N) is 2. The number of amides is 1. The quantitative estimate of drug-likeness (QED) is 0.529. The lowest BCUT2D eigenvalue weighted by Crippen LogP contribution is -2.17. The van der Waals surface area contributed by atoms with Crippen molar-refractivity contribution in [3.8, 4) is 0 Å². The van der Waals surface area contributed by atoms with Gasteiger partial charge in [0.05, 0.1) is 12.9 Å². The van der Waals surface area contributed by atoms with Gasteiger partial charge in [-0.2, -0.15) is 0 Å². The fourth-order valence-corrected chi connectivity index (χ4v) is 2.86. The van der Waals surface area contributed by atoms with Gasteiger partial charge in [0.2, 0.25) is 5.91 Å². The number of primary amides is 1. The van der Waals surface area contributed by atoms with Gasteiger partial charge in [0.1, 0.15) is 6.10 Å². The molecule has 2 rings (SSSR count). The molecule has 0 aliphatic heterocycles. The molecule has 1 amide bonds. The van der Waals surface area contributed by atoms with E-state index in [9.17, 15) is 9.59 Å². The molecule has 1 aromatic heterocycles. The van der Waals surface area contributed by atoms with Crippen molar-refractivity contribution < 1.29 is 14.3 Å². The number of carbonyl (C=O) groups is 2. The normalized spacial score (nSPS) is 11.9. The lowest BCUT2D eigenvalue weighted by Gasteiger charge is -2.20. The van der Waals surface area contributed by atoms with Crippen molar-refractivity contribution in [2.75, 3.05) is 0 Å². The minimum atomic E-state index is -0.567. The van der Waals surface area contributed by atoms with Crippen LogP contribution in [0.3, 0.4) is 0 Å². The Morgan fingerprint density at radius 2 is 2.00 bits per heavy atom. The highest BCUT2D eigenvalue weighted by Crippen LogP contribution is 2.30. The maximum absolute atomic E-state index is 12.1. The van der Waals surface area contributed by atoms with Gasteiger partial charge in [-0.05, 0) is 25.0 Å². The van der Waals surface area contributed by atoms with Gasteiger partial charge in [0.25, 0.3) is 0 Å². The second-order valence-corrected chi connectivity index (χ2v) is 6.42. The predicted octanol–water partition coefficient (Wildman–Crippen LogP) is 3.52. The van der Waals surface area contributed by atoms with Gasteiger partial charge in [-0.1, -0.05) is 29.3 Å². The first-order valence-corrected chi connectivity index (χ1v) is 8.60. The summed E-state index contributed by atoms with van der Waals surface area (Å²) in [4.78, 5) is 26.9. The Morgan fingerprint density at radius 1 is 1.24 bits per heavy atom. The molecule has 25 heavy (non-hydrogen) atoms. The van der Waals surface area contributed by atoms with E-state index in [0.29, 0.717) is 35.0 Å². The minimum Gasteiger partial charge on any atom is -0.455 e. The fraction of sp³-hybridized carbons (Fsp3) is 0.353. The van der Waals surface area contributed by atoms with E-state index in [1.165, 1.54) is 0 Å². The molecule has 1 heterocycles. The number of ether oxygens (including phenoxy) is 1. The molecular formula is C17H19Cl2N3O3. The third kappa shape index (κ3) is 6.40. The van der Waals surface area contributed by atoms with Crippen LogP contribution in [0.4, 0.5) is 0 Å². The highest BCUT2D eigenvalue weighted by molar-refractivity contribution is 6.35. The molecule has 6 nitrogen and oxygen atoms in total. The van der Waals surface area contributed by atoms with E-state index in [1.807, 2.05) is 0 Å². The summed E-state index contributed by atoms with van der Waals surface area (Å²) in [6.45, 7) is 0.383. The van der Waals surface area contributed by atoms with Gasteiger partial charge in [-0.3, -0.25) is 9.59 Å². The number of aromatic nitrogens is 2. The SMILES string of the molecule is NC(=O)CCCCC(=O)OC(Cn1ccnc1)c1ccc(Cl)cc1Cl. The Balaban J connectivity index is 2.04. The minimum absolute atomic E-state index is 0.207. The average Bonchev–Trinajstić information content (AvgIpc) is 3.04. The number of halogens is 2. The van der Waals surface area contributed by atoms with Crippen LogP contribution >= 0.6 is 23.2 Å². The zero-order chi connectivity index (χ0) is 18.2. The van der Waals surface area contributed by atoms with Crippen molar-refractivity contribution >= 4 is 35.1 Å². The largest absolute Gasteiger partial charge is 0.455 e. The molecule has 0 fully saturated rings. The van der Waals surface area contributed by atoms with E-state index >= 15 is 0 Å². The van der Waals surface area contributed by atoms with E-state index in [1.54, 1.807) is 41.5 Å². The van der Waals surface area contributed by atoms with E-state index < -0.39 is 6.10 Å².